The number of aliphatic imine (C=N–C) groups is 1. The summed E-state index contributed by atoms with van der Waals surface area (Å²) < 4.78 is 5.12. The fraction of sp³-hybridized carbons (Fsp3) is 0.125. The number of methoxy groups -OCH3 is 1. The van der Waals surface area contributed by atoms with E-state index in [1.807, 2.05) is 54.6 Å². The predicted molar refractivity (Wildman–Crippen MR) is 82.2 cm³/mol. The highest BCUT2D eigenvalue weighted by Gasteiger charge is 2.39. The number of guanidine groups is 1. The van der Waals surface area contributed by atoms with Gasteiger partial charge in [-0.25, -0.2) is 14.7 Å². The number of urea groups is 1. The zero-order valence-corrected chi connectivity index (χ0v) is 11.9. The summed E-state index contributed by atoms with van der Waals surface area (Å²) in [6, 6.07) is 16.8. The minimum absolute atomic E-state index is 0.0894. The third-order valence-electron chi connectivity index (χ3n) is 3.29. The molecule has 2 aromatic carbocycles. The Morgan fingerprint density at radius 3 is 2.29 bits per heavy atom. The van der Waals surface area contributed by atoms with Gasteiger partial charge in [-0.2, -0.15) is 0 Å². The average molecular weight is 281 g/mol. The van der Waals surface area contributed by atoms with E-state index in [1.165, 1.54) is 4.90 Å². The fourth-order valence-electron chi connectivity index (χ4n) is 2.13. The quantitative estimate of drug-likeness (QED) is 0.866. The van der Waals surface area contributed by atoms with E-state index < -0.39 is 0 Å². The molecule has 1 heterocycles. The van der Waals surface area contributed by atoms with Gasteiger partial charge >= 0.3 is 6.03 Å². The second-order valence-electron chi connectivity index (χ2n) is 4.62. The first-order valence-electron chi connectivity index (χ1n) is 6.56. The van der Waals surface area contributed by atoms with Crippen LogP contribution in [0, 0.1) is 0 Å². The second kappa shape index (κ2) is 5.28. The van der Waals surface area contributed by atoms with Crippen molar-refractivity contribution >= 4 is 23.4 Å². The highest BCUT2D eigenvalue weighted by molar-refractivity contribution is 6.30. The van der Waals surface area contributed by atoms with E-state index in [0.29, 0.717) is 5.96 Å². The molecule has 2 amide bonds. The van der Waals surface area contributed by atoms with Gasteiger partial charge in [-0.15, -0.1) is 0 Å². The van der Waals surface area contributed by atoms with E-state index in [9.17, 15) is 4.79 Å². The lowest BCUT2D eigenvalue weighted by Gasteiger charge is -2.40. The topological polar surface area (TPSA) is 45.1 Å². The summed E-state index contributed by atoms with van der Waals surface area (Å²) in [4.78, 5) is 19.6. The Balaban J connectivity index is 1.91. The van der Waals surface area contributed by atoms with Crippen LogP contribution in [0.1, 0.15) is 0 Å². The highest BCUT2D eigenvalue weighted by Crippen LogP contribution is 2.27. The number of para-hydroxylation sites is 1. The molecule has 1 aliphatic heterocycles. The highest BCUT2D eigenvalue weighted by atomic mass is 16.5. The molecule has 5 nitrogen and oxygen atoms in total. The summed E-state index contributed by atoms with van der Waals surface area (Å²) in [6.45, 7) is 0. The molecule has 1 aliphatic rings. The molecule has 0 spiro atoms. The number of carbonyl (C=O) groups excluding carboxylic acids is 1. The number of rotatable bonds is 3. The molecule has 1 saturated heterocycles. The Morgan fingerprint density at radius 2 is 1.67 bits per heavy atom. The number of nitrogens with zero attached hydrogens (tertiary/aromatic N) is 3. The summed E-state index contributed by atoms with van der Waals surface area (Å²) >= 11 is 0. The first-order valence-corrected chi connectivity index (χ1v) is 6.56. The van der Waals surface area contributed by atoms with Crippen LogP contribution in [-0.4, -0.2) is 31.0 Å². The summed E-state index contributed by atoms with van der Waals surface area (Å²) in [5.74, 6) is 1.38. The van der Waals surface area contributed by atoms with Gasteiger partial charge in [0.05, 0.1) is 18.5 Å². The fourth-order valence-corrected chi connectivity index (χ4v) is 2.13. The van der Waals surface area contributed by atoms with Crippen molar-refractivity contribution in [1.82, 2.24) is 4.90 Å². The minimum atomic E-state index is -0.0894. The van der Waals surface area contributed by atoms with E-state index in [0.717, 1.165) is 17.1 Å². The molecular formula is C16H15N3O2. The van der Waals surface area contributed by atoms with E-state index in [2.05, 4.69) is 4.99 Å². The maximum absolute atomic E-state index is 12.0. The Morgan fingerprint density at radius 1 is 1.00 bits per heavy atom. The summed E-state index contributed by atoms with van der Waals surface area (Å²) in [6.07, 6.45) is 0. The number of ether oxygens (including phenoxy) is 1. The van der Waals surface area contributed by atoms with E-state index in [4.69, 9.17) is 4.74 Å². The van der Waals surface area contributed by atoms with Crippen LogP contribution in [-0.2, 0) is 0 Å². The van der Waals surface area contributed by atoms with Crippen molar-refractivity contribution in [2.24, 2.45) is 4.99 Å². The summed E-state index contributed by atoms with van der Waals surface area (Å²) in [7, 11) is 3.33. The van der Waals surface area contributed by atoms with Crippen molar-refractivity contribution in [3.8, 4) is 5.75 Å². The first kappa shape index (κ1) is 13.2. The minimum Gasteiger partial charge on any atom is -0.497 e. The number of anilines is 1. The summed E-state index contributed by atoms with van der Waals surface area (Å²) in [5, 5.41) is 0. The number of hydrogen-bond donors (Lipinski definition) is 0. The maximum Gasteiger partial charge on any atom is 0.338 e. The zero-order valence-electron chi connectivity index (χ0n) is 11.9. The van der Waals surface area contributed by atoms with Gasteiger partial charge in [0, 0.05) is 7.05 Å². The molecule has 1 fully saturated rings. The Bertz CT molecular complexity index is 680. The van der Waals surface area contributed by atoms with Gasteiger partial charge in [-0.1, -0.05) is 18.2 Å². The monoisotopic (exact) mass is 281 g/mol. The SMILES string of the molecule is COc1ccc(N=C2N(C)C(=O)N2c2ccccc2)cc1. The van der Waals surface area contributed by atoms with E-state index in [-0.39, 0.29) is 6.03 Å². The average Bonchev–Trinajstić information content (AvgIpc) is 2.55. The van der Waals surface area contributed by atoms with Crippen molar-refractivity contribution in [2.75, 3.05) is 19.1 Å². The van der Waals surface area contributed by atoms with Crippen LogP contribution in [0.25, 0.3) is 0 Å². The summed E-state index contributed by atoms with van der Waals surface area (Å²) in [5.41, 5.74) is 1.58. The lowest BCUT2D eigenvalue weighted by atomic mass is 10.2. The van der Waals surface area contributed by atoms with Crippen LogP contribution >= 0.6 is 0 Å². The molecular weight excluding hydrogens is 266 g/mol. The number of hydrogen-bond acceptors (Lipinski definition) is 3. The third-order valence-corrected chi connectivity index (χ3v) is 3.29. The van der Waals surface area contributed by atoms with E-state index >= 15 is 0 Å². The van der Waals surface area contributed by atoms with Crippen LogP contribution in [0.15, 0.2) is 59.6 Å². The number of amides is 2. The van der Waals surface area contributed by atoms with Gasteiger partial charge in [0.15, 0.2) is 0 Å². The number of carbonyl (C=O) groups is 1. The standard InChI is InChI=1S/C16H15N3O2/c1-18-15(17-12-8-10-14(21-2)11-9-12)19(16(18)20)13-6-4-3-5-7-13/h3-11H,1-2H3. The molecule has 2 aromatic rings. The molecule has 0 radical (unpaired) electrons. The Kier molecular flexibility index (Phi) is 3.31. The van der Waals surface area contributed by atoms with Crippen molar-refractivity contribution in [1.29, 1.82) is 0 Å². The van der Waals surface area contributed by atoms with Gasteiger partial charge in [0.25, 0.3) is 0 Å². The van der Waals surface area contributed by atoms with Crippen molar-refractivity contribution in [3.63, 3.8) is 0 Å². The number of benzene rings is 2. The van der Waals surface area contributed by atoms with Gasteiger partial charge < -0.3 is 4.74 Å². The molecule has 0 saturated carbocycles. The van der Waals surface area contributed by atoms with E-state index in [1.54, 1.807) is 19.1 Å². The smallest absolute Gasteiger partial charge is 0.338 e. The molecule has 5 heteroatoms. The van der Waals surface area contributed by atoms with Crippen LogP contribution in [0.5, 0.6) is 5.75 Å². The lowest BCUT2D eigenvalue weighted by Crippen LogP contribution is -2.63. The first-order chi connectivity index (χ1) is 10.2. The second-order valence-corrected chi connectivity index (χ2v) is 4.62. The van der Waals surface area contributed by atoms with Crippen LogP contribution in [0.4, 0.5) is 16.2 Å². The van der Waals surface area contributed by atoms with Gasteiger partial charge in [-0.05, 0) is 36.4 Å². The van der Waals surface area contributed by atoms with Gasteiger partial charge in [0.1, 0.15) is 5.75 Å². The zero-order chi connectivity index (χ0) is 14.8. The molecule has 0 bridgehead atoms. The van der Waals surface area contributed by atoms with Crippen LogP contribution < -0.4 is 9.64 Å². The molecule has 0 aliphatic carbocycles. The van der Waals surface area contributed by atoms with Crippen LogP contribution in [0.2, 0.25) is 0 Å². The lowest BCUT2D eigenvalue weighted by molar-refractivity contribution is 0.225. The molecule has 0 aromatic heterocycles. The molecule has 106 valence electrons. The van der Waals surface area contributed by atoms with Gasteiger partial charge in [0.2, 0.25) is 5.96 Å². The Labute approximate surface area is 123 Å². The molecule has 0 N–H and O–H groups in total. The van der Waals surface area contributed by atoms with Crippen molar-refractivity contribution in [2.45, 2.75) is 0 Å². The van der Waals surface area contributed by atoms with Crippen molar-refractivity contribution in [3.05, 3.63) is 54.6 Å². The normalized spacial score (nSPS) is 16.1. The largest absolute Gasteiger partial charge is 0.497 e. The van der Waals surface area contributed by atoms with Gasteiger partial charge in [-0.3, -0.25) is 4.90 Å². The molecule has 0 unspecified atom stereocenters. The molecule has 0 atom stereocenters. The van der Waals surface area contributed by atoms with Crippen LogP contribution in [0.3, 0.4) is 0 Å². The molecule has 21 heavy (non-hydrogen) atoms. The van der Waals surface area contributed by atoms with Crippen molar-refractivity contribution < 1.29 is 9.53 Å². The predicted octanol–water partition coefficient (Wildman–Crippen LogP) is 3.25. The maximum atomic E-state index is 12.0. The Hall–Kier alpha value is -2.82. The third kappa shape index (κ3) is 2.33. The molecule has 3 rings (SSSR count).